The summed E-state index contributed by atoms with van der Waals surface area (Å²) in [4.78, 5) is 4.29. The molecule has 81 valence electrons. The zero-order valence-electron chi connectivity index (χ0n) is 9.13. The van der Waals surface area contributed by atoms with Gasteiger partial charge in [0.1, 0.15) is 0 Å². The highest BCUT2D eigenvalue weighted by Crippen LogP contribution is 2.25. The van der Waals surface area contributed by atoms with E-state index in [9.17, 15) is 0 Å². The first-order valence-corrected chi connectivity index (χ1v) is 5.41. The minimum Gasteiger partial charge on any atom is -0.436 e. The van der Waals surface area contributed by atoms with Gasteiger partial charge in [-0.3, -0.25) is 0 Å². The highest BCUT2D eigenvalue weighted by atomic mass is 16.4. The number of nitrogens with zero attached hydrogens (tertiary/aromatic N) is 1. The van der Waals surface area contributed by atoms with Crippen LogP contribution in [0.15, 0.2) is 65.2 Å². The van der Waals surface area contributed by atoms with Gasteiger partial charge >= 0.3 is 0 Å². The Kier molecular flexibility index (Phi) is 2.47. The van der Waals surface area contributed by atoms with Crippen LogP contribution in [0, 0.1) is 6.07 Å². The van der Waals surface area contributed by atoms with Crippen LogP contribution >= 0.6 is 0 Å². The van der Waals surface area contributed by atoms with Crippen molar-refractivity contribution in [3.8, 4) is 22.8 Å². The minimum atomic E-state index is 0.647. The number of rotatable bonds is 2. The summed E-state index contributed by atoms with van der Waals surface area (Å²) in [6.45, 7) is 0. The molecule has 0 spiro atoms. The van der Waals surface area contributed by atoms with Gasteiger partial charge in [0.15, 0.2) is 5.76 Å². The van der Waals surface area contributed by atoms with Crippen molar-refractivity contribution in [3.05, 3.63) is 66.9 Å². The van der Waals surface area contributed by atoms with Crippen LogP contribution in [0.2, 0.25) is 0 Å². The number of hydrogen-bond acceptors (Lipinski definition) is 2. The maximum absolute atomic E-state index is 5.73. The molecule has 3 rings (SSSR count). The van der Waals surface area contributed by atoms with Gasteiger partial charge in [0.05, 0.1) is 6.20 Å². The average molecular weight is 220 g/mol. The van der Waals surface area contributed by atoms with E-state index >= 15 is 0 Å². The Balaban J connectivity index is 1.99. The molecule has 0 unspecified atom stereocenters. The summed E-state index contributed by atoms with van der Waals surface area (Å²) >= 11 is 0. The molecule has 0 atom stereocenters. The van der Waals surface area contributed by atoms with Crippen LogP contribution in [0.1, 0.15) is 0 Å². The molecule has 1 aromatic heterocycles. The standard InChI is InChI=1S/C15H10NO/c1-3-7-12(8-4-1)14-11-16-15(17-14)13-9-5-2-6-10-13/h2-11H. The molecule has 2 nitrogen and oxygen atoms in total. The first kappa shape index (κ1) is 9.85. The summed E-state index contributed by atoms with van der Waals surface area (Å²) in [5.41, 5.74) is 2.00. The van der Waals surface area contributed by atoms with Gasteiger partial charge in [-0.25, -0.2) is 4.98 Å². The quantitative estimate of drug-likeness (QED) is 0.656. The Hall–Kier alpha value is -2.35. The minimum absolute atomic E-state index is 0.647. The number of aromatic nitrogens is 1. The van der Waals surface area contributed by atoms with Crippen molar-refractivity contribution in [2.45, 2.75) is 0 Å². The fraction of sp³-hybridized carbons (Fsp3) is 0. The van der Waals surface area contributed by atoms with E-state index in [1.165, 1.54) is 0 Å². The van der Waals surface area contributed by atoms with Gasteiger partial charge in [-0.05, 0) is 18.2 Å². The second kappa shape index (κ2) is 4.26. The molecule has 0 bridgehead atoms. The summed E-state index contributed by atoms with van der Waals surface area (Å²) in [6.07, 6.45) is 1.75. The van der Waals surface area contributed by atoms with Crippen LogP contribution < -0.4 is 0 Å². The predicted molar refractivity (Wildman–Crippen MR) is 66.2 cm³/mol. The Morgan fingerprint density at radius 1 is 0.882 bits per heavy atom. The van der Waals surface area contributed by atoms with Crippen molar-refractivity contribution < 1.29 is 4.42 Å². The maximum Gasteiger partial charge on any atom is 0.226 e. The summed E-state index contributed by atoms with van der Waals surface area (Å²) < 4.78 is 5.73. The van der Waals surface area contributed by atoms with Crippen molar-refractivity contribution in [1.82, 2.24) is 4.98 Å². The monoisotopic (exact) mass is 220 g/mol. The van der Waals surface area contributed by atoms with E-state index in [1.54, 1.807) is 6.20 Å². The lowest BCUT2D eigenvalue weighted by molar-refractivity contribution is 0.589. The average Bonchev–Trinajstić information content (AvgIpc) is 2.90. The van der Waals surface area contributed by atoms with Gasteiger partial charge < -0.3 is 4.42 Å². The van der Waals surface area contributed by atoms with E-state index in [2.05, 4.69) is 11.1 Å². The third-order valence-corrected chi connectivity index (χ3v) is 2.53. The molecule has 3 aromatic rings. The summed E-state index contributed by atoms with van der Waals surface area (Å²) in [7, 11) is 0. The molecule has 0 saturated heterocycles. The summed E-state index contributed by atoms with van der Waals surface area (Å²) in [5.74, 6) is 1.42. The fourth-order valence-corrected chi connectivity index (χ4v) is 1.67. The Morgan fingerprint density at radius 3 is 2.41 bits per heavy atom. The van der Waals surface area contributed by atoms with E-state index < -0.39 is 0 Å². The lowest BCUT2D eigenvalue weighted by Gasteiger charge is -1.95. The van der Waals surface area contributed by atoms with Crippen LogP contribution in [0.5, 0.6) is 0 Å². The zero-order valence-corrected chi connectivity index (χ0v) is 9.13. The van der Waals surface area contributed by atoms with Gasteiger partial charge in [0.2, 0.25) is 5.89 Å². The second-order valence-electron chi connectivity index (χ2n) is 3.68. The SMILES string of the molecule is [c]1ccc(-c2cnc(-c3ccccc3)o2)cc1. The van der Waals surface area contributed by atoms with E-state index in [0.29, 0.717) is 5.89 Å². The maximum atomic E-state index is 5.73. The van der Waals surface area contributed by atoms with Crippen molar-refractivity contribution in [3.63, 3.8) is 0 Å². The first-order valence-electron chi connectivity index (χ1n) is 5.41. The summed E-state index contributed by atoms with van der Waals surface area (Å²) in [5, 5.41) is 0. The third kappa shape index (κ3) is 1.97. The smallest absolute Gasteiger partial charge is 0.226 e. The fourth-order valence-electron chi connectivity index (χ4n) is 1.67. The predicted octanol–water partition coefficient (Wildman–Crippen LogP) is 3.81. The molecular weight excluding hydrogens is 210 g/mol. The molecule has 0 fully saturated rings. The van der Waals surface area contributed by atoms with Crippen LogP contribution in [0.3, 0.4) is 0 Å². The molecule has 0 aliphatic carbocycles. The lowest BCUT2D eigenvalue weighted by Crippen LogP contribution is -1.74. The number of benzene rings is 2. The van der Waals surface area contributed by atoms with E-state index in [4.69, 9.17) is 4.42 Å². The van der Waals surface area contributed by atoms with Gasteiger partial charge in [-0.2, -0.15) is 0 Å². The molecule has 1 heterocycles. The Labute approximate surface area is 99.6 Å². The van der Waals surface area contributed by atoms with Crippen molar-refractivity contribution in [2.75, 3.05) is 0 Å². The molecule has 1 radical (unpaired) electrons. The van der Waals surface area contributed by atoms with Gasteiger partial charge in [0.25, 0.3) is 0 Å². The largest absolute Gasteiger partial charge is 0.436 e. The highest BCUT2D eigenvalue weighted by molar-refractivity contribution is 5.60. The lowest BCUT2D eigenvalue weighted by atomic mass is 10.2. The van der Waals surface area contributed by atoms with E-state index in [-0.39, 0.29) is 0 Å². The van der Waals surface area contributed by atoms with Crippen LogP contribution in [-0.4, -0.2) is 4.98 Å². The van der Waals surface area contributed by atoms with Crippen molar-refractivity contribution >= 4 is 0 Å². The van der Waals surface area contributed by atoms with Crippen molar-refractivity contribution in [1.29, 1.82) is 0 Å². The van der Waals surface area contributed by atoms with Crippen LogP contribution in [-0.2, 0) is 0 Å². The highest BCUT2D eigenvalue weighted by Gasteiger charge is 2.07. The second-order valence-corrected chi connectivity index (χ2v) is 3.68. The molecule has 0 N–H and O–H groups in total. The Bertz CT molecular complexity index is 545. The van der Waals surface area contributed by atoms with Crippen LogP contribution in [0.4, 0.5) is 0 Å². The van der Waals surface area contributed by atoms with Gasteiger partial charge in [-0.15, -0.1) is 0 Å². The molecule has 2 aromatic carbocycles. The Morgan fingerprint density at radius 2 is 1.65 bits per heavy atom. The molecule has 2 heteroatoms. The van der Waals surface area contributed by atoms with E-state index in [1.807, 2.05) is 54.6 Å². The molecule has 0 amide bonds. The number of oxazole rings is 1. The number of hydrogen-bond donors (Lipinski definition) is 0. The zero-order chi connectivity index (χ0) is 11.5. The van der Waals surface area contributed by atoms with Crippen molar-refractivity contribution in [2.24, 2.45) is 0 Å². The molecular formula is C15H10NO. The van der Waals surface area contributed by atoms with Gasteiger partial charge in [0, 0.05) is 11.1 Å². The molecule has 0 saturated carbocycles. The topological polar surface area (TPSA) is 26.0 Å². The molecule has 17 heavy (non-hydrogen) atoms. The molecule has 0 aliphatic heterocycles. The third-order valence-electron chi connectivity index (χ3n) is 2.53. The summed E-state index contributed by atoms with van der Waals surface area (Å²) in [6, 6.07) is 20.5. The first-order chi connectivity index (χ1) is 8.43. The van der Waals surface area contributed by atoms with Crippen LogP contribution in [0.25, 0.3) is 22.8 Å². The van der Waals surface area contributed by atoms with Gasteiger partial charge in [-0.1, -0.05) is 42.5 Å². The normalized spacial score (nSPS) is 10.4. The van der Waals surface area contributed by atoms with E-state index in [0.717, 1.165) is 16.9 Å². The molecule has 0 aliphatic rings.